The number of piperidine rings is 1. The van der Waals surface area contributed by atoms with Gasteiger partial charge in [0.1, 0.15) is 5.82 Å². The number of aromatic nitrogens is 2. The van der Waals surface area contributed by atoms with Crippen molar-refractivity contribution >= 4 is 5.69 Å². The first kappa shape index (κ1) is 17.5. The van der Waals surface area contributed by atoms with Crippen molar-refractivity contribution in [3.05, 3.63) is 52.6 Å². The summed E-state index contributed by atoms with van der Waals surface area (Å²) in [5.74, 6) is 0.963. The molecule has 2 aromatic rings. The molecule has 2 aliphatic rings. The second kappa shape index (κ2) is 7.75. The molecule has 1 saturated heterocycles. The molecule has 4 nitrogen and oxygen atoms in total. The van der Waals surface area contributed by atoms with Crippen molar-refractivity contribution in [1.29, 1.82) is 0 Å². The summed E-state index contributed by atoms with van der Waals surface area (Å²) in [7, 11) is 0. The maximum absolute atomic E-state index is 4.54. The highest BCUT2D eigenvalue weighted by atomic mass is 15.1. The molecule has 0 radical (unpaired) electrons. The molecule has 0 atom stereocenters. The van der Waals surface area contributed by atoms with Crippen molar-refractivity contribution in [3.8, 4) is 0 Å². The van der Waals surface area contributed by atoms with Crippen molar-refractivity contribution in [2.45, 2.75) is 58.4 Å². The highest BCUT2D eigenvalue weighted by Gasteiger charge is 2.20. The van der Waals surface area contributed by atoms with Crippen molar-refractivity contribution in [2.24, 2.45) is 0 Å². The van der Waals surface area contributed by atoms with Crippen LogP contribution in [0.4, 0.5) is 5.69 Å². The van der Waals surface area contributed by atoms with E-state index in [-0.39, 0.29) is 0 Å². The Morgan fingerprint density at radius 2 is 1.73 bits per heavy atom. The third-order valence-electron chi connectivity index (χ3n) is 5.75. The summed E-state index contributed by atoms with van der Waals surface area (Å²) >= 11 is 0. The van der Waals surface area contributed by atoms with Crippen LogP contribution in [0.5, 0.6) is 0 Å². The predicted molar refractivity (Wildman–Crippen MR) is 107 cm³/mol. The van der Waals surface area contributed by atoms with E-state index in [1.54, 1.807) is 11.1 Å². The zero-order chi connectivity index (χ0) is 17.9. The number of nitrogens with zero attached hydrogens (tertiary/aromatic N) is 3. The zero-order valence-corrected chi connectivity index (χ0v) is 16.1. The maximum atomic E-state index is 4.54. The van der Waals surface area contributed by atoms with Crippen LogP contribution in [-0.2, 0) is 19.3 Å². The molecule has 0 bridgehead atoms. The molecule has 1 aromatic heterocycles. The van der Waals surface area contributed by atoms with Crippen molar-refractivity contribution in [1.82, 2.24) is 15.3 Å². The third-order valence-corrected chi connectivity index (χ3v) is 5.75. The Morgan fingerprint density at radius 3 is 2.50 bits per heavy atom. The number of fused-ring (bicyclic) bond motifs is 1. The van der Waals surface area contributed by atoms with Crippen LogP contribution in [0.25, 0.3) is 0 Å². The summed E-state index contributed by atoms with van der Waals surface area (Å²) in [4.78, 5) is 11.6. The monoisotopic (exact) mass is 350 g/mol. The molecule has 0 unspecified atom stereocenters. The predicted octanol–water partition coefficient (Wildman–Crippen LogP) is 3.38. The lowest BCUT2D eigenvalue weighted by Crippen LogP contribution is -2.43. The zero-order valence-electron chi connectivity index (χ0n) is 16.1. The average molecular weight is 351 g/mol. The Morgan fingerprint density at radius 1 is 1.00 bits per heavy atom. The van der Waals surface area contributed by atoms with E-state index in [9.17, 15) is 0 Å². The van der Waals surface area contributed by atoms with Gasteiger partial charge in [-0.05, 0) is 75.3 Å². The molecule has 0 saturated carbocycles. The second-order valence-electron chi connectivity index (χ2n) is 7.84. The van der Waals surface area contributed by atoms with Gasteiger partial charge < -0.3 is 10.2 Å². The van der Waals surface area contributed by atoms with E-state index < -0.39 is 0 Å². The quantitative estimate of drug-likeness (QED) is 0.897. The molecule has 4 heteroatoms. The number of aryl methyl sites for hydroxylation is 4. The smallest absolute Gasteiger partial charge is 0.130 e. The molecule has 138 valence electrons. The Labute approximate surface area is 157 Å². The van der Waals surface area contributed by atoms with E-state index in [0.29, 0.717) is 6.04 Å². The average Bonchev–Trinajstić information content (AvgIpc) is 3.09. The number of hydrogen-bond donors (Lipinski definition) is 1. The van der Waals surface area contributed by atoms with Gasteiger partial charge in [0.15, 0.2) is 0 Å². The minimum Gasteiger partial charge on any atom is -0.371 e. The molecule has 1 aliphatic heterocycles. The number of rotatable bonds is 5. The Bertz CT molecular complexity index is 742. The highest BCUT2D eigenvalue weighted by Crippen LogP contribution is 2.28. The van der Waals surface area contributed by atoms with Crippen LogP contribution in [0.1, 0.15) is 47.6 Å². The van der Waals surface area contributed by atoms with Crippen molar-refractivity contribution in [3.63, 3.8) is 0 Å². The third kappa shape index (κ3) is 4.07. The summed E-state index contributed by atoms with van der Waals surface area (Å²) in [6.07, 6.45) is 7.20. The molecule has 26 heavy (non-hydrogen) atoms. The van der Waals surface area contributed by atoms with Gasteiger partial charge in [0.05, 0.1) is 0 Å². The lowest BCUT2D eigenvalue weighted by atomic mass is 10.0. The summed E-state index contributed by atoms with van der Waals surface area (Å²) in [6, 6.07) is 9.77. The SMILES string of the molecule is Cc1cc(C)nc(CCNC2CCN(c3ccc4c(c3)CCC4)CC2)n1. The molecule has 0 amide bonds. The first-order chi connectivity index (χ1) is 12.7. The van der Waals surface area contributed by atoms with E-state index in [2.05, 4.69) is 38.4 Å². The molecule has 1 aliphatic carbocycles. The summed E-state index contributed by atoms with van der Waals surface area (Å²) in [5, 5.41) is 3.72. The minimum atomic E-state index is 0.617. The van der Waals surface area contributed by atoms with Gasteiger partial charge in [-0.3, -0.25) is 0 Å². The van der Waals surface area contributed by atoms with Crippen LogP contribution in [0.2, 0.25) is 0 Å². The fraction of sp³-hybridized carbons (Fsp3) is 0.545. The van der Waals surface area contributed by atoms with Gasteiger partial charge in [-0.2, -0.15) is 0 Å². The molecule has 2 heterocycles. The molecular weight excluding hydrogens is 320 g/mol. The van der Waals surface area contributed by atoms with Crippen LogP contribution in [0.15, 0.2) is 24.3 Å². The maximum Gasteiger partial charge on any atom is 0.130 e. The molecule has 1 fully saturated rings. The highest BCUT2D eigenvalue weighted by molar-refractivity contribution is 5.52. The molecule has 0 spiro atoms. The Balaban J connectivity index is 1.25. The van der Waals surface area contributed by atoms with Gasteiger partial charge >= 0.3 is 0 Å². The Kier molecular flexibility index (Phi) is 5.21. The molecule has 4 rings (SSSR count). The van der Waals surface area contributed by atoms with Crippen molar-refractivity contribution < 1.29 is 0 Å². The number of benzene rings is 1. The first-order valence-corrected chi connectivity index (χ1v) is 10.1. The fourth-order valence-corrected chi connectivity index (χ4v) is 4.40. The number of hydrogen-bond acceptors (Lipinski definition) is 4. The van der Waals surface area contributed by atoms with Crippen LogP contribution >= 0.6 is 0 Å². The van der Waals surface area contributed by atoms with Gasteiger partial charge in [0.25, 0.3) is 0 Å². The van der Waals surface area contributed by atoms with Crippen LogP contribution < -0.4 is 10.2 Å². The Hall–Kier alpha value is -1.94. The first-order valence-electron chi connectivity index (χ1n) is 10.1. The topological polar surface area (TPSA) is 41.1 Å². The summed E-state index contributed by atoms with van der Waals surface area (Å²) in [6.45, 7) is 7.35. The van der Waals surface area contributed by atoms with Gasteiger partial charge in [0, 0.05) is 49.2 Å². The summed E-state index contributed by atoms with van der Waals surface area (Å²) in [5.41, 5.74) is 6.70. The van der Waals surface area contributed by atoms with Crippen molar-refractivity contribution in [2.75, 3.05) is 24.5 Å². The molecular formula is C22H30N4. The number of anilines is 1. The molecule has 1 aromatic carbocycles. The lowest BCUT2D eigenvalue weighted by Gasteiger charge is -2.34. The van der Waals surface area contributed by atoms with E-state index in [4.69, 9.17) is 0 Å². The van der Waals surface area contributed by atoms with E-state index >= 15 is 0 Å². The van der Waals surface area contributed by atoms with Gasteiger partial charge in [-0.25, -0.2) is 9.97 Å². The standard InChI is InChI=1S/C22H30N4/c1-16-14-17(2)25-22(24-16)8-11-23-20-9-12-26(13-10-20)21-7-6-18-4-3-5-19(18)15-21/h6-7,14-15,20,23H,3-5,8-13H2,1-2H3. The van der Waals surface area contributed by atoms with E-state index in [1.165, 1.54) is 37.8 Å². The lowest BCUT2D eigenvalue weighted by molar-refractivity contribution is 0.416. The summed E-state index contributed by atoms with van der Waals surface area (Å²) < 4.78 is 0. The largest absolute Gasteiger partial charge is 0.371 e. The fourth-order valence-electron chi connectivity index (χ4n) is 4.40. The normalized spacial score (nSPS) is 17.5. The van der Waals surface area contributed by atoms with E-state index in [1.807, 2.05) is 19.9 Å². The van der Waals surface area contributed by atoms with Gasteiger partial charge in [0.2, 0.25) is 0 Å². The van der Waals surface area contributed by atoms with Gasteiger partial charge in [-0.1, -0.05) is 6.07 Å². The minimum absolute atomic E-state index is 0.617. The van der Waals surface area contributed by atoms with E-state index in [0.717, 1.165) is 43.3 Å². The van der Waals surface area contributed by atoms with Crippen LogP contribution in [0, 0.1) is 13.8 Å². The second-order valence-corrected chi connectivity index (χ2v) is 7.84. The van der Waals surface area contributed by atoms with Gasteiger partial charge in [-0.15, -0.1) is 0 Å². The molecule has 1 N–H and O–H groups in total. The number of nitrogens with one attached hydrogen (secondary N) is 1. The van der Waals surface area contributed by atoms with Crippen LogP contribution in [0.3, 0.4) is 0 Å². The van der Waals surface area contributed by atoms with Crippen LogP contribution in [-0.4, -0.2) is 35.6 Å².